The third kappa shape index (κ3) is 3.54. The molecule has 0 saturated heterocycles. The molecule has 0 aliphatic heterocycles. The lowest BCUT2D eigenvalue weighted by Crippen LogP contribution is -2.04. The van der Waals surface area contributed by atoms with Crippen LogP contribution >= 0.6 is 0 Å². The zero-order valence-electron chi connectivity index (χ0n) is 15.0. The van der Waals surface area contributed by atoms with Crippen LogP contribution in [0.25, 0.3) is 22.3 Å². The van der Waals surface area contributed by atoms with E-state index in [-0.39, 0.29) is 0 Å². The Hall–Kier alpha value is -2.34. The van der Waals surface area contributed by atoms with Crippen LogP contribution in [0.1, 0.15) is 49.1 Å². The summed E-state index contributed by atoms with van der Waals surface area (Å²) in [5.41, 5.74) is 8.11. The quantitative estimate of drug-likeness (QED) is 0.471. The summed E-state index contributed by atoms with van der Waals surface area (Å²) in [7, 11) is 0. The van der Waals surface area contributed by atoms with Crippen LogP contribution < -0.4 is 0 Å². The highest BCUT2D eigenvalue weighted by molar-refractivity contribution is 5.73. The van der Waals surface area contributed by atoms with E-state index >= 15 is 0 Å². The topological polar surface area (TPSA) is 0 Å². The van der Waals surface area contributed by atoms with Crippen molar-refractivity contribution < 1.29 is 0 Å². The van der Waals surface area contributed by atoms with Gasteiger partial charge in [-0.25, -0.2) is 0 Å². The smallest absolute Gasteiger partial charge is 0.0154 e. The molecule has 4 rings (SSSR count). The first-order valence-electron chi connectivity index (χ1n) is 9.58. The maximum atomic E-state index is 2.35. The Morgan fingerprint density at radius 2 is 1.32 bits per heavy atom. The summed E-state index contributed by atoms with van der Waals surface area (Å²) in [6, 6.07) is 26.8. The molecule has 0 unspecified atom stereocenters. The fourth-order valence-corrected chi connectivity index (χ4v) is 4.17. The molecule has 1 fully saturated rings. The molecule has 126 valence electrons. The molecule has 1 aliphatic carbocycles. The first-order valence-corrected chi connectivity index (χ1v) is 9.58. The van der Waals surface area contributed by atoms with Gasteiger partial charge in [-0.05, 0) is 59.1 Å². The average Bonchev–Trinajstić information content (AvgIpc) is 2.69. The summed E-state index contributed by atoms with van der Waals surface area (Å²) in [4.78, 5) is 0. The highest BCUT2D eigenvalue weighted by Gasteiger charge is 2.15. The van der Waals surface area contributed by atoms with Crippen molar-refractivity contribution in [2.24, 2.45) is 0 Å². The molecule has 25 heavy (non-hydrogen) atoms. The van der Waals surface area contributed by atoms with Gasteiger partial charge in [0.1, 0.15) is 0 Å². The largest absolute Gasteiger partial charge is 0.0622 e. The van der Waals surface area contributed by atoms with E-state index in [9.17, 15) is 0 Å². The number of aryl methyl sites for hydroxylation is 1. The van der Waals surface area contributed by atoms with Crippen molar-refractivity contribution in [2.75, 3.05) is 0 Å². The monoisotopic (exact) mass is 326 g/mol. The molecule has 0 atom stereocenters. The van der Waals surface area contributed by atoms with Crippen LogP contribution in [-0.2, 0) is 0 Å². The van der Waals surface area contributed by atoms with Gasteiger partial charge in [0.25, 0.3) is 0 Å². The Bertz CT molecular complexity index is 822. The van der Waals surface area contributed by atoms with Gasteiger partial charge in [-0.3, -0.25) is 0 Å². The van der Waals surface area contributed by atoms with E-state index in [4.69, 9.17) is 0 Å². The Kier molecular flexibility index (Phi) is 4.70. The van der Waals surface area contributed by atoms with Gasteiger partial charge in [-0.1, -0.05) is 92.1 Å². The van der Waals surface area contributed by atoms with Gasteiger partial charge in [-0.15, -0.1) is 0 Å². The predicted octanol–water partition coefficient (Wildman–Crippen LogP) is 7.38. The van der Waals surface area contributed by atoms with Gasteiger partial charge in [0, 0.05) is 0 Å². The minimum absolute atomic E-state index is 0.782. The Labute approximate surface area is 151 Å². The maximum absolute atomic E-state index is 2.35. The Balaban J connectivity index is 1.58. The molecule has 0 spiro atoms. The van der Waals surface area contributed by atoms with E-state index < -0.39 is 0 Å². The Morgan fingerprint density at radius 1 is 0.640 bits per heavy atom. The minimum Gasteiger partial charge on any atom is -0.0622 e. The molecule has 0 bridgehead atoms. The molecule has 1 aliphatic rings. The maximum Gasteiger partial charge on any atom is -0.0154 e. The average molecular weight is 326 g/mol. The van der Waals surface area contributed by atoms with Crippen molar-refractivity contribution in [2.45, 2.75) is 44.9 Å². The van der Waals surface area contributed by atoms with Crippen molar-refractivity contribution in [3.05, 3.63) is 83.9 Å². The fraction of sp³-hybridized carbons (Fsp3) is 0.280. The van der Waals surface area contributed by atoms with Crippen molar-refractivity contribution in [1.29, 1.82) is 0 Å². The lowest BCUT2D eigenvalue weighted by atomic mass is 9.83. The van der Waals surface area contributed by atoms with Crippen molar-refractivity contribution in [1.82, 2.24) is 0 Å². The zero-order chi connectivity index (χ0) is 17.1. The highest BCUT2D eigenvalue weighted by Crippen LogP contribution is 2.34. The Morgan fingerprint density at radius 3 is 2.00 bits per heavy atom. The number of rotatable bonds is 3. The molecule has 0 heterocycles. The van der Waals surface area contributed by atoms with Crippen LogP contribution in [0.3, 0.4) is 0 Å². The summed E-state index contributed by atoms with van der Waals surface area (Å²) in [5, 5.41) is 0. The number of hydrogen-bond donors (Lipinski definition) is 0. The van der Waals surface area contributed by atoms with E-state index in [0.717, 1.165) is 5.92 Å². The highest BCUT2D eigenvalue weighted by atomic mass is 14.2. The van der Waals surface area contributed by atoms with Crippen molar-refractivity contribution in [3.8, 4) is 22.3 Å². The number of hydrogen-bond acceptors (Lipinski definition) is 0. The summed E-state index contributed by atoms with van der Waals surface area (Å²) in [5.74, 6) is 0.782. The van der Waals surface area contributed by atoms with Crippen LogP contribution in [-0.4, -0.2) is 0 Å². The second-order valence-electron chi connectivity index (χ2n) is 7.35. The fourth-order valence-electron chi connectivity index (χ4n) is 4.17. The molecule has 0 nitrogen and oxygen atoms in total. The van der Waals surface area contributed by atoms with E-state index in [2.05, 4.69) is 79.7 Å². The molecule has 0 N–H and O–H groups in total. The molecule has 0 amide bonds. The molecule has 0 aromatic heterocycles. The molecule has 3 aromatic carbocycles. The van der Waals surface area contributed by atoms with Crippen molar-refractivity contribution in [3.63, 3.8) is 0 Å². The van der Waals surface area contributed by atoms with E-state index in [1.165, 1.54) is 65.5 Å². The molecular weight excluding hydrogens is 300 g/mol. The minimum atomic E-state index is 0.782. The standard InChI is InChI=1S/C25H26/c1-19-18-24(16-17-25(19)23-10-6-3-7-11-23)22-14-12-21(13-15-22)20-8-4-2-5-9-20/h3,6-7,10-18,20H,2,4-5,8-9H2,1H3. The van der Waals surface area contributed by atoms with Crippen LogP contribution in [0.4, 0.5) is 0 Å². The van der Waals surface area contributed by atoms with Crippen LogP contribution in [0, 0.1) is 6.92 Å². The molecule has 3 aromatic rings. The van der Waals surface area contributed by atoms with Crippen molar-refractivity contribution >= 4 is 0 Å². The lowest BCUT2D eigenvalue weighted by molar-refractivity contribution is 0.443. The van der Waals surface area contributed by atoms with Gasteiger partial charge in [0.15, 0.2) is 0 Å². The SMILES string of the molecule is Cc1cc(-c2ccc(C3CCCCC3)cc2)ccc1-c1ccccc1. The van der Waals surface area contributed by atoms with Gasteiger partial charge in [-0.2, -0.15) is 0 Å². The summed E-state index contributed by atoms with van der Waals surface area (Å²) >= 11 is 0. The second-order valence-corrected chi connectivity index (χ2v) is 7.35. The summed E-state index contributed by atoms with van der Waals surface area (Å²) in [6.45, 7) is 2.21. The zero-order valence-corrected chi connectivity index (χ0v) is 15.0. The predicted molar refractivity (Wildman–Crippen MR) is 108 cm³/mol. The second kappa shape index (κ2) is 7.27. The lowest BCUT2D eigenvalue weighted by Gasteiger charge is -2.22. The van der Waals surface area contributed by atoms with Gasteiger partial charge in [0.05, 0.1) is 0 Å². The van der Waals surface area contributed by atoms with E-state index in [0.29, 0.717) is 0 Å². The normalized spacial score (nSPS) is 15.2. The molecule has 0 heteroatoms. The molecular formula is C25H26. The van der Waals surface area contributed by atoms with Gasteiger partial charge in [0.2, 0.25) is 0 Å². The third-order valence-corrected chi connectivity index (χ3v) is 5.63. The van der Waals surface area contributed by atoms with Gasteiger partial charge >= 0.3 is 0 Å². The summed E-state index contributed by atoms with van der Waals surface area (Å²) in [6.07, 6.45) is 6.94. The molecule has 1 saturated carbocycles. The van der Waals surface area contributed by atoms with Crippen LogP contribution in [0.2, 0.25) is 0 Å². The van der Waals surface area contributed by atoms with Crippen LogP contribution in [0.15, 0.2) is 72.8 Å². The van der Waals surface area contributed by atoms with E-state index in [1.54, 1.807) is 0 Å². The van der Waals surface area contributed by atoms with Crippen LogP contribution in [0.5, 0.6) is 0 Å². The summed E-state index contributed by atoms with van der Waals surface area (Å²) < 4.78 is 0. The first kappa shape index (κ1) is 16.1. The first-order chi connectivity index (χ1) is 12.3. The molecule has 0 radical (unpaired) electrons. The number of benzene rings is 3. The van der Waals surface area contributed by atoms with E-state index in [1.807, 2.05) is 0 Å². The van der Waals surface area contributed by atoms with Gasteiger partial charge < -0.3 is 0 Å². The third-order valence-electron chi connectivity index (χ3n) is 5.63.